The normalized spacial score (nSPS) is 26.8. The molecule has 0 aliphatic carbocycles. The fourth-order valence-electron chi connectivity index (χ4n) is 3.09. The zero-order valence-corrected chi connectivity index (χ0v) is 12.8. The Labute approximate surface area is 121 Å². The van der Waals surface area contributed by atoms with E-state index in [2.05, 4.69) is 24.9 Å². The molecule has 0 saturated carbocycles. The van der Waals surface area contributed by atoms with E-state index < -0.39 is 0 Å². The van der Waals surface area contributed by atoms with Gasteiger partial charge in [0.2, 0.25) is 0 Å². The minimum absolute atomic E-state index is 0.0263. The van der Waals surface area contributed by atoms with Gasteiger partial charge in [-0.3, -0.25) is 4.90 Å². The minimum atomic E-state index is 0.0263. The largest absolute Gasteiger partial charge is 0.496 e. The highest BCUT2D eigenvalue weighted by Gasteiger charge is 2.38. The number of para-hydroxylation sites is 1. The van der Waals surface area contributed by atoms with Crippen molar-refractivity contribution in [3.63, 3.8) is 0 Å². The Morgan fingerprint density at radius 2 is 2.20 bits per heavy atom. The lowest BCUT2D eigenvalue weighted by Crippen LogP contribution is -2.56. The number of ether oxygens (including phenoxy) is 2. The van der Waals surface area contributed by atoms with Crippen LogP contribution in [0.3, 0.4) is 0 Å². The van der Waals surface area contributed by atoms with Gasteiger partial charge >= 0.3 is 0 Å². The maximum atomic E-state index is 6.10. The second-order valence-electron chi connectivity index (χ2n) is 5.73. The molecule has 1 heterocycles. The third-order valence-electron chi connectivity index (χ3n) is 4.43. The molecule has 20 heavy (non-hydrogen) atoms. The van der Waals surface area contributed by atoms with Crippen molar-refractivity contribution in [3.05, 3.63) is 29.8 Å². The van der Waals surface area contributed by atoms with E-state index in [1.165, 1.54) is 5.56 Å². The van der Waals surface area contributed by atoms with Crippen molar-refractivity contribution >= 4 is 0 Å². The second kappa shape index (κ2) is 6.57. The van der Waals surface area contributed by atoms with E-state index in [1.54, 1.807) is 7.11 Å². The average molecular weight is 278 g/mol. The quantitative estimate of drug-likeness (QED) is 0.895. The average Bonchev–Trinajstić information content (AvgIpc) is 2.47. The van der Waals surface area contributed by atoms with Crippen LogP contribution in [0.4, 0.5) is 0 Å². The van der Waals surface area contributed by atoms with Crippen LogP contribution in [-0.2, 0) is 11.3 Å². The molecule has 2 unspecified atom stereocenters. The Kier molecular flexibility index (Phi) is 5.02. The predicted molar refractivity (Wildman–Crippen MR) is 80.9 cm³/mol. The molecule has 4 nitrogen and oxygen atoms in total. The highest BCUT2D eigenvalue weighted by Crippen LogP contribution is 2.31. The first kappa shape index (κ1) is 15.3. The molecule has 0 aromatic heterocycles. The Morgan fingerprint density at radius 3 is 2.85 bits per heavy atom. The number of rotatable bonds is 5. The summed E-state index contributed by atoms with van der Waals surface area (Å²) in [5, 5.41) is 0. The SMILES string of the molecule is COc1ccccc1CN(C)C1(CN)CCOC(C)C1. The summed E-state index contributed by atoms with van der Waals surface area (Å²) in [5.41, 5.74) is 7.32. The van der Waals surface area contributed by atoms with Crippen LogP contribution in [0, 0.1) is 0 Å². The van der Waals surface area contributed by atoms with Gasteiger partial charge in [0.15, 0.2) is 0 Å². The molecule has 0 bridgehead atoms. The summed E-state index contributed by atoms with van der Waals surface area (Å²) >= 11 is 0. The topological polar surface area (TPSA) is 47.7 Å². The summed E-state index contributed by atoms with van der Waals surface area (Å²) in [5.74, 6) is 0.937. The van der Waals surface area contributed by atoms with Gasteiger partial charge in [-0.2, -0.15) is 0 Å². The molecule has 1 aromatic rings. The Balaban J connectivity index is 2.14. The van der Waals surface area contributed by atoms with Crippen molar-refractivity contribution in [2.24, 2.45) is 5.73 Å². The number of methoxy groups -OCH3 is 1. The molecule has 4 heteroatoms. The van der Waals surface area contributed by atoms with E-state index >= 15 is 0 Å². The lowest BCUT2D eigenvalue weighted by molar-refractivity contribution is -0.0585. The molecule has 1 aliphatic rings. The fourth-order valence-corrected chi connectivity index (χ4v) is 3.09. The van der Waals surface area contributed by atoms with Gasteiger partial charge < -0.3 is 15.2 Å². The van der Waals surface area contributed by atoms with Crippen LogP contribution in [0.1, 0.15) is 25.3 Å². The molecule has 0 spiro atoms. The Hall–Kier alpha value is -1.10. The first-order valence-corrected chi connectivity index (χ1v) is 7.26. The van der Waals surface area contributed by atoms with Crippen LogP contribution in [0.2, 0.25) is 0 Å². The van der Waals surface area contributed by atoms with Crippen molar-refractivity contribution in [3.8, 4) is 5.75 Å². The van der Waals surface area contributed by atoms with Crippen LogP contribution in [-0.4, -0.2) is 43.9 Å². The van der Waals surface area contributed by atoms with Gasteiger partial charge in [0, 0.05) is 30.8 Å². The molecular weight excluding hydrogens is 252 g/mol. The fraction of sp³-hybridized carbons (Fsp3) is 0.625. The molecule has 2 atom stereocenters. The van der Waals surface area contributed by atoms with E-state index in [0.717, 1.165) is 31.7 Å². The number of nitrogens with two attached hydrogens (primary N) is 1. The van der Waals surface area contributed by atoms with Gasteiger partial charge in [0.1, 0.15) is 5.75 Å². The maximum absolute atomic E-state index is 6.10. The smallest absolute Gasteiger partial charge is 0.123 e. The monoisotopic (exact) mass is 278 g/mol. The summed E-state index contributed by atoms with van der Waals surface area (Å²) in [6.45, 7) is 4.41. The van der Waals surface area contributed by atoms with Crippen LogP contribution in [0.25, 0.3) is 0 Å². The molecule has 112 valence electrons. The van der Waals surface area contributed by atoms with Gasteiger partial charge in [-0.15, -0.1) is 0 Å². The van der Waals surface area contributed by atoms with Gasteiger partial charge in [0.25, 0.3) is 0 Å². The molecule has 0 amide bonds. The summed E-state index contributed by atoms with van der Waals surface area (Å²) in [6, 6.07) is 8.16. The lowest BCUT2D eigenvalue weighted by Gasteiger charge is -2.46. The lowest BCUT2D eigenvalue weighted by atomic mass is 9.85. The molecule has 1 fully saturated rings. The van der Waals surface area contributed by atoms with Gasteiger partial charge in [-0.05, 0) is 32.9 Å². The maximum Gasteiger partial charge on any atom is 0.123 e. The highest BCUT2D eigenvalue weighted by atomic mass is 16.5. The minimum Gasteiger partial charge on any atom is -0.496 e. The van der Waals surface area contributed by atoms with E-state index in [9.17, 15) is 0 Å². The van der Waals surface area contributed by atoms with Gasteiger partial charge in [-0.25, -0.2) is 0 Å². The second-order valence-corrected chi connectivity index (χ2v) is 5.73. The highest BCUT2D eigenvalue weighted by molar-refractivity contribution is 5.33. The Morgan fingerprint density at radius 1 is 1.45 bits per heavy atom. The zero-order chi connectivity index (χ0) is 14.6. The number of hydrogen-bond donors (Lipinski definition) is 1. The molecule has 2 rings (SSSR count). The van der Waals surface area contributed by atoms with Crippen molar-refractivity contribution in [1.82, 2.24) is 4.90 Å². The zero-order valence-electron chi connectivity index (χ0n) is 12.8. The van der Waals surface area contributed by atoms with Crippen molar-refractivity contribution in [2.45, 2.75) is 38.0 Å². The predicted octanol–water partition coefficient (Wildman–Crippen LogP) is 2.02. The molecule has 2 N–H and O–H groups in total. The van der Waals surface area contributed by atoms with E-state index in [1.807, 2.05) is 18.2 Å². The van der Waals surface area contributed by atoms with Gasteiger partial charge in [0.05, 0.1) is 13.2 Å². The van der Waals surface area contributed by atoms with Crippen LogP contribution in [0.5, 0.6) is 5.75 Å². The van der Waals surface area contributed by atoms with Crippen LogP contribution >= 0.6 is 0 Å². The first-order valence-electron chi connectivity index (χ1n) is 7.26. The first-order chi connectivity index (χ1) is 9.61. The van der Waals surface area contributed by atoms with E-state index in [-0.39, 0.29) is 11.6 Å². The third kappa shape index (κ3) is 3.14. The number of nitrogens with zero attached hydrogens (tertiary/aromatic N) is 1. The Bertz CT molecular complexity index is 438. The van der Waals surface area contributed by atoms with Crippen LogP contribution in [0.15, 0.2) is 24.3 Å². The van der Waals surface area contributed by atoms with Crippen molar-refractivity contribution < 1.29 is 9.47 Å². The molecular formula is C16H26N2O2. The standard InChI is InChI=1S/C16H26N2O2/c1-13-10-16(12-17,8-9-20-13)18(2)11-14-6-4-5-7-15(14)19-3/h4-7,13H,8-12,17H2,1-3H3. The molecule has 1 aliphatic heterocycles. The van der Waals surface area contributed by atoms with Crippen LogP contribution < -0.4 is 10.5 Å². The number of benzene rings is 1. The van der Waals surface area contributed by atoms with E-state index in [4.69, 9.17) is 15.2 Å². The number of likely N-dealkylation sites (N-methyl/N-ethyl adjacent to an activating group) is 1. The van der Waals surface area contributed by atoms with Gasteiger partial charge in [-0.1, -0.05) is 18.2 Å². The third-order valence-corrected chi connectivity index (χ3v) is 4.43. The summed E-state index contributed by atoms with van der Waals surface area (Å²) in [6.07, 6.45) is 2.24. The summed E-state index contributed by atoms with van der Waals surface area (Å²) in [4.78, 5) is 2.36. The van der Waals surface area contributed by atoms with Crippen molar-refractivity contribution in [1.29, 1.82) is 0 Å². The molecule has 1 saturated heterocycles. The molecule has 0 radical (unpaired) electrons. The van der Waals surface area contributed by atoms with Crippen molar-refractivity contribution in [2.75, 3.05) is 27.3 Å². The summed E-state index contributed by atoms with van der Waals surface area (Å²) < 4.78 is 11.1. The number of hydrogen-bond acceptors (Lipinski definition) is 4. The molecule has 1 aromatic carbocycles. The summed E-state index contributed by atoms with van der Waals surface area (Å²) in [7, 11) is 3.87. The van der Waals surface area contributed by atoms with E-state index in [0.29, 0.717) is 6.54 Å².